The van der Waals surface area contributed by atoms with Crippen molar-refractivity contribution in [2.45, 2.75) is 13.1 Å². The van der Waals surface area contributed by atoms with Gasteiger partial charge in [-0.2, -0.15) is 10.1 Å². The van der Waals surface area contributed by atoms with Crippen molar-refractivity contribution in [3.8, 4) is 5.69 Å². The maximum absolute atomic E-state index is 4.66. The molecule has 0 amide bonds. The standard InChI is InChI=1S/C13H13N5O/c1-2-4-12(5-3-1)18-7-6-11(16-18)8-14-9-13-15-10-19-17-13/h1-7,10,14H,8-9H2. The fraction of sp³-hybridized carbons (Fsp3) is 0.154. The topological polar surface area (TPSA) is 68.8 Å². The highest BCUT2D eigenvalue weighted by atomic mass is 16.5. The molecule has 3 rings (SSSR count). The van der Waals surface area contributed by atoms with E-state index in [1.165, 1.54) is 6.39 Å². The number of rotatable bonds is 5. The quantitative estimate of drug-likeness (QED) is 0.749. The predicted octanol–water partition coefficient (Wildman–Crippen LogP) is 1.55. The van der Waals surface area contributed by atoms with Gasteiger partial charge in [-0.15, -0.1) is 0 Å². The number of benzene rings is 1. The molecule has 0 spiro atoms. The van der Waals surface area contributed by atoms with Crippen LogP contribution in [-0.2, 0) is 13.1 Å². The highest BCUT2D eigenvalue weighted by Crippen LogP contribution is 2.06. The van der Waals surface area contributed by atoms with E-state index in [0.29, 0.717) is 18.9 Å². The lowest BCUT2D eigenvalue weighted by molar-refractivity contribution is 0.407. The van der Waals surface area contributed by atoms with Crippen molar-refractivity contribution in [1.82, 2.24) is 25.2 Å². The summed E-state index contributed by atoms with van der Waals surface area (Å²) in [5.74, 6) is 0.641. The Balaban J connectivity index is 1.59. The van der Waals surface area contributed by atoms with E-state index in [9.17, 15) is 0 Å². The number of aromatic nitrogens is 4. The summed E-state index contributed by atoms with van der Waals surface area (Å²) in [6.07, 6.45) is 3.27. The first-order chi connectivity index (χ1) is 9.42. The maximum Gasteiger partial charge on any atom is 0.213 e. The largest absolute Gasteiger partial charge is 0.343 e. The molecule has 0 atom stereocenters. The number of para-hydroxylation sites is 1. The molecule has 0 saturated heterocycles. The van der Waals surface area contributed by atoms with E-state index >= 15 is 0 Å². The Hall–Kier alpha value is -2.47. The minimum atomic E-state index is 0.564. The third-order valence-corrected chi connectivity index (χ3v) is 2.66. The molecule has 96 valence electrons. The molecule has 2 aromatic heterocycles. The van der Waals surface area contributed by atoms with E-state index in [-0.39, 0.29) is 0 Å². The summed E-state index contributed by atoms with van der Waals surface area (Å²) >= 11 is 0. The van der Waals surface area contributed by atoms with Gasteiger partial charge in [0.25, 0.3) is 0 Å². The molecule has 0 aliphatic heterocycles. The monoisotopic (exact) mass is 255 g/mol. The van der Waals surface area contributed by atoms with Crippen molar-refractivity contribution in [3.05, 3.63) is 60.5 Å². The molecule has 0 radical (unpaired) electrons. The maximum atomic E-state index is 4.66. The minimum absolute atomic E-state index is 0.564. The van der Waals surface area contributed by atoms with Crippen LogP contribution in [0.5, 0.6) is 0 Å². The van der Waals surface area contributed by atoms with Gasteiger partial charge < -0.3 is 9.84 Å². The summed E-state index contributed by atoms with van der Waals surface area (Å²) in [6, 6.07) is 12.0. The SMILES string of the molecule is c1ccc(-n2ccc(CNCc3ncon3)n2)cc1. The van der Waals surface area contributed by atoms with Gasteiger partial charge in [0, 0.05) is 12.7 Å². The lowest BCUT2D eigenvalue weighted by atomic mass is 10.3. The van der Waals surface area contributed by atoms with Gasteiger partial charge in [0.05, 0.1) is 17.9 Å². The van der Waals surface area contributed by atoms with Crippen molar-refractivity contribution >= 4 is 0 Å². The molecule has 3 aromatic rings. The zero-order valence-electron chi connectivity index (χ0n) is 10.2. The summed E-state index contributed by atoms with van der Waals surface area (Å²) in [5.41, 5.74) is 2.01. The van der Waals surface area contributed by atoms with Crippen LogP contribution in [-0.4, -0.2) is 19.9 Å². The van der Waals surface area contributed by atoms with Crippen molar-refractivity contribution in [2.24, 2.45) is 0 Å². The lowest BCUT2D eigenvalue weighted by Crippen LogP contribution is -2.14. The first-order valence-electron chi connectivity index (χ1n) is 5.98. The fourth-order valence-corrected chi connectivity index (χ4v) is 1.75. The molecule has 6 nitrogen and oxygen atoms in total. The predicted molar refractivity (Wildman–Crippen MR) is 68.4 cm³/mol. The molecule has 0 saturated carbocycles. The van der Waals surface area contributed by atoms with Crippen LogP contribution < -0.4 is 5.32 Å². The van der Waals surface area contributed by atoms with E-state index in [0.717, 1.165) is 11.4 Å². The molecular formula is C13H13N5O. The Morgan fingerprint density at radius 1 is 1.11 bits per heavy atom. The van der Waals surface area contributed by atoms with Crippen molar-refractivity contribution in [2.75, 3.05) is 0 Å². The summed E-state index contributed by atoms with van der Waals surface area (Å²) in [5, 5.41) is 11.4. The lowest BCUT2D eigenvalue weighted by Gasteiger charge is -2.00. The average molecular weight is 255 g/mol. The van der Waals surface area contributed by atoms with Crippen molar-refractivity contribution in [1.29, 1.82) is 0 Å². The number of hydrogen-bond acceptors (Lipinski definition) is 5. The number of hydrogen-bond donors (Lipinski definition) is 1. The normalized spacial score (nSPS) is 10.7. The molecule has 2 heterocycles. The Kier molecular flexibility index (Phi) is 3.33. The Labute approximate surface area is 110 Å². The molecule has 1 N–H and O–H groups in total. The second-order valence-electron chi connectivity index (χ2n) is 4.04. The van der Waals surface area contributed by atoms with E-state index in [1.807, 2.05) is 47.3 Å². The zero-order chi connectivity index (χ0) is 12.9. The van der Waals surface area contributed by atoms with E-state index < -0.39 is 0 Å². The van der Waals surface area contributed by atoms with Gasteiger partial charge in [-0.05, 0) is 18.2 Å². The van der Waals surface area contributed by atoms with Crippen LogP contribution in [0.25, 0.3) is 5.69 Å². The first kappa shape index (κ1) is 11.6. The molecule has 19 heavy (non-hydrogen) atoms. The van der Waals surface area contributed by atoms with Crippen LogP contribution in [0.3, 0.4) is 0 Å². The third kappa shape index (κ3) is 2.86. The summed E-state index contributed by atoms with van der Waals surface area (Å²) < 4.78 is 6.51. The molecule has 0 fully saturated rings. The van der Waals surface area contributed by atoms with E-state index in [4.69, 9.17) is 0 Å². The van der Waals surface area contributed by atoms with Crippen LogP contribution in [0.2, 0.25) is 0 Å². The van der Waals surface area contributed by atoms with Crippen LogP contribution in [0.15, 0.2) is 53.5 Å². The highest BCUT2D eigenvalue weighted by molar-refractivity contribution is 5.30. The van der Waals surface area contributed by atoms with E-state index in [1.54, 1.807) is 0 Å². The molecule has 0 aliphatic rings. The summed E-state index contributed by atoms with van der Waals surface area (Å²) in [7, 11) is 0. The third-order valence-electron chi connectivity index (χ3n) is 2.66. The first-order valence-corrected chi connectivity index (χ1v) is 5.98. The van der Waals surface area contributed by atoms with Gasteiger partial charge in [-0.25, -0.2) is 4.68 Å². The summed E-state index contributed by atoms with van der Waals surface area (Å²) in [4.78, 5) is 3.93. The smallest absolute Gasteiger partial charge is 0.213 e. The molecular weight excluding hydrogens is 242 g/mol. The Morgan fingerprint density at radius 3 is 2.79 bits per heavy atom. The van der Waals surface area contributed by atoms with Crippen LogP contribution in [0.4, 0.5) is 0 Å². The highest BCUT2D eigenvalue weighted by Gasteiger charge is 2.02. The number of nitrogens with zero attached hydrogens (tertiary/aromatic N) is 4. The van der Waals surface area contributed by atoms with Gasteiger partial charge in [0.15, 0.2) is 5.82 Å². The van der Waals surface area contributed by atoms with Gasteiger partial charge in [-0.1, -0.05) is 23.4 Å². The van der Waals surface area contributed by atoms with Crippen molar-refractivity contribution < 1.29 is 4.52 Å². The second-order valence-corrected chi connectivity index (χ2v) is 4.04. The molecule has 1 aromatic carbocycles. The van der Waals surface area contributed by atoms with Crippen LogP contribution in [0.1, 0.15) is 11.5 Å². The van der Waals surface area contributed by atoms with Gasteiger partial charge in [-0.3, -0.25) is 0 Å². The van der Waals surface area contributed by atoms with Crippen LogP contribution >= 0.6 is 0 Å². The second kappa shape index (κ2) is 5.45. The Morgan fingerprint density at radius 2 is 2.00 bits per heavy atom. The fourth-order valence-electron chi connectivity index (χ4n) is 1.75. The molecule has 0 bridgehead atoms. The molecule has 0 aliphatic carbocycles. The minimum Gasteiger partial charge on any atom is -0.343 e. The zero-order valence-corrected chi connectivity index (χ0v) is 10.2. The van der Waals surface area contributed by atoms with Crippen LogP contribution in [0, 0.1) is 0 Å². The van der Waals surface area contributed by atoms with E-state index in [2.05, 4.69) is 25.1 Å². The van der Waals surface area contributed by atoms with Gasteiger partial charge in [0.1, 0.15) is 0 Å². The van der Waals surface area contributed by atoms with Gasteiger partial charge in [0.2, 0.25) is 6.39 Å². The summed E-state index contributed by atoms with van der Waals surface area (Å²) in [6.45, 7) is 1.23. The van der Waals surface area contributed by atoms with Gasteiger partial charge >= 0.3 is 0 Å². The molecule has 6 heteroatoms. The molecule has 0 unspecified atom stereocenters. The Bertz CT molecular complexity index is 618. The number of nitrogens with one attached hydrogen (secondary N) is 1. The van der Waals surface area contributed by atoms with Crippen molar-refractivity contribution in [3.63, 3.8) is 0 Å². The average Bonchev–Trinajstić information content (AvgIpc) is 3.11.